The van der Waals surface area contributed by atoms with Crippen LogP contribution in [0.4, 0.5) is 5.69 Å². The molecule has 0 radical (unpaired) electrons. The summed E-state index contributed by atoms with van der Waals surface area (Å²) < 4.78 is 33.3. The zero-order valence-corrected chi connectivity index (χ0v) is 15.8. The average molecular weight is 490 g/mol. The van der Waals surface area contributed by atoms with Gasteiger partial charge >= 0.3 is 0 Å². The van der Waals surface area contributed by atoms with Crippen LogP contribution in [0.2, 0.25) is 0 Å². The Bertz CT molecular complexity index is 673. The fourth-order valence-electron chi connectivity index (χ4n) is 1.66. The lowest BCUT2D eigenvalue weighted by molar-refractivity contribution is -0.126. The number of hydrogen-bond donors (Lipinski definition) is 1. The minimum atomic E-state index is -4.59. The summed E-state index contributed by atoms with van der Waals surface area (Å²) in [5.74, 6) is -1.07. The molecule has 0 heterocycles. The van der Waals surface area contributed by atoms with E-state index in [1.165, 1.54) is 0 Å². The molecule has 116 valence electrons. The SMILES string of the molecule is CCC(=O)N(C(=O)CC)c1c(I)cc(Br)cc1S(=O)(=O)O. The molecule has 0 saturated carbocycles. The Labute approximate surface area is 144 Å². The predicted octanol–water partition coefficient (Wildman–Crippen LogP) is 2.98. The highest BCUT2D eigenvalue weighted by Crippen LogP contribution is 2.34. The molecular formula is C12H13BrINO5S. The Morgan fingerprint density at radius 2 is 1.71 bits per heavy atom. The topological polar surface area (TPSA) is 91.8 Å². The summed E-state index contributed by atoms with van der Waals surface area (Å²) in [4.78, 5) is 24.4. The third kappa shape index (κ3) is 4.24. The minimum Gasteiger partial charge on any atom is -0.282 e. The van der Waals surface area contributed by atoms with E-state index in [-0.39, 0.29) is 18.5 Å². The molecule has 0 unspecified atom stereocenters. The van der Waals surface area contributed by atoms with Crippen molar-refractivity contribution in [1.82, 2.24) is 0 Å². The summed E-state index contributed by atoms with van der Waals surface area (Å²) in [6, 6.07) is 2.72. The van der Waals surface area contributed by atoms with Crippen LogP contribution in [0, 0.1) is 3.57 Å². The molecule has 1 N–H and O–H groups in total. The second-order valence-corrected chi connectivity index (χ2v) is 7.51. The standard InChI is InChI=1S/C12H13BrINO5S/c1-3-10(16)15(11(17)4-2)12-8(14)5-7(13)6-9(12)21(18,19)20/h5-6H,3-4H2,1-2H3,(H,18,19,20). The molecule has 21 heavy (non-hydrogen) atoms. The number of amides is 2. The van der Waals surface area contributed by atoms with Crippen LogP contribution < -0.4 is 4.90 Å². The van der Waals surface area contributed by atoms with Crippen molar-refractivity contribution in [2.75, 3.05) is 4.90 Å². The van der Waals surface area contributed by atoms with E-state index in [4.69, 9.17) is 0 Å². The van der Waals surface area contributed by atoms with Gasteiger partial charge in [-0.3, -0.25) is 14.1 Å². The summed E-state index contributed by atoms with van der Waals surface area (Å²) in [7, 11) is -4.59. The van der Waals surface area contributed by atoms with Gasteiger partial charge in [-0.2, -0.15) is 8.42 Å². The van der Waals surface area contributed by atoms with Crippen molar-refractivity contribution < 1.29 is 22.6 Å². The first-order valence-electron chi connectivity index (χ1n) is 5.95. The van der Waals surface area contributed by atoms with Crippen molar-refractivity contribution in [3.05, 3.63) is 20.2 Å². The van der Waals surface area contributed by atoms with E-state index in [0.717, 1.165) is 11.0 Å². The lowest BCUT2D eigenvalue weighted by Gasteiger charge is -2.23. The van der Waals surface area contributed by atoms with Gasteiger partial charge in [0.2, 0.25) is 11.8 Å². The highest BCUT2D eigenvalue weighted by molar-refractivity contribution is 14.1. The molecule has 0 atom stereocenters. The molecule has 0 aromatic heterocycles. The highest BCUT2D eigenvalue weighted by Gasteiger charge is 2.30. The zero-order valence-electron chi connectivity index (χ0n) is 11.3. The van der Waals surface area contributed by atoms with Gasteiger partial charge in [-0.1, -0.05) is 29.8 Å². The monoisotopic (exact) mass is 489 g/mol. The Morgan fingerprint density at radius 3 is 2.10 bits per heavy atom. The van der Waals surface area contributed by atoms with Crippen LogP contribution in [0.25, 0.3) is 0 Å². The first-order valence-corrected chi connectivity index (χ1v) is 9.26. The summed E-state index contributed by atoms with van der Waals surface area (Å²) in [6.45, 7) is 3.13. The van der Waals surface area contributed by atoms with Crippen molar-refractivity contribution in [2.45, 2.75) is 31.6 Å². The molecule has 9 heteroatoms. The van der Waals surface area contributed by atoms with Gasteiger partial charge in [-0.15, -0.1) is 0 Å². The Hall–Kier alpha value is -0.520. The number of halogens is 2. The van der Waals surface area contributed by atoms with Crippen LogP contribution in [0.1, 0.15) is 26.7 Å². The Balaban J connectivity index is 3.73. The molecule has 0 fully saturated rings. The average Bonchev–Trinajstić information content (AvgIpc) is 2.38. The van der Waals surface area contributed by atoms with E-state index in [1.807, 2.05) is 22.6 Å². The molecule has 1 aromatic rings. The quantitative estimate of drug-likeness (QED) is 0.518. The van der Waals surface area contributed by atoms with Gasteiger partial charge in [0.15, 0.2) is 0 Å². The summed E-state index contributed by atoms with van der Waals surface area (Å²) in [6.07, 6.45) is 0.0611. The van der Waals surface area contributed by atoms with Crippen LogP contribution >= 0.6 is 38.5 Å². The number of anilines is 1. The first-order chi connectivity index (χ1) is 9.63. The number of imide groups is 1. The van der Waals surface area contributed by atoms with E-state index in [2.05, 4.69) is 15.9 Å². The fraction of sp³-hybridized carbons (Fsp3) is 0.333. The molecule has 6 nitrogen and oxygen atoms in total. The molecule has 0 spiro atoms. The van der Waals surface area contributed by atoms with Crippen LogP contribution in [0.5, 0.6) is 0 Å². The number of hydrogen-bond acceptors (Lipinski definition) is 4. The van der Waals surface area contributed by atoms with Gasteiger partial charge in [0.25, 0.3) is 10.1 Å². The summed E-state index contributed by atoms with van der Waals surface area (Å²) in [5.41, 5.74) is -0.111. The molecule has 0 aliphatic heterocycles. The molecule has 0 bridgehead atoms. The fourth-order valence-corrected chi connectivity index (χ4v) is 4.47. The lowest BCUT2D eigenvalue weighted by Crippen LogP contribution is -2.37. The second-order valence-electron chi connectivity index (χ2n) is 4.04. The first kappa shape index (κ1) is 18.5. The van der Waals surface area contributed by atoms with E-state index in [0.29, 0.717) is 8.04 Å². The third-order valence-corrected chi connectivity index (χ3v) is 4.75. The van der Waals surface area contributed by atoms with Crippen molar-refractivity contribution in [3.63, 3.8) is 0 Å². The number of rotatable bonds is 4. The highest BCUT2D eigenvalue weighted by atomic mass is 127. The number of carbonyl (C=O) groups is 2. The summed E-state index contributed by atoms with van der Waals surface area (Å²) >= 11 is 4.94. The molecule has 0 saturated heterocycles. The maximum absolute atomic E-state index is 12.0. The third-order valence-electron chi connectivity index (χ3n) is 2.60. The number of benzene rings is 1. The van der Waals surface area contributed by atoms with Crippen molar-refractivity contribution in [3.8, 4) is 0 Å². The van der Waals surface area contributed by atoms with Gasteiger partial charge in [0, 0.05) is 20.9 Å². The van der Waals surface area contributed by atoms with Crippen LogP contribution in [0.15, 0.2) is 21.5 Å². The van der Waals surface area contributed by atoms with Crippen LogP contribution in [-0.2, 0) is 19.7 Å². The van der Waals surface area contributed by atoms with Crippen molar-refractivity contribution in [1.29, 1.82) is 0 Å². The van der Waals surface area contributed by atoms with Gasteiger partial charge in [-0.25, -0.2) is 4.90 Å². The molecule has 2 amide bonds. The van der Waals surface area contributed by atoms with Crippen molar-refractivity contribution in [2.24, 2.45) is 0 Å². The molecule has 1 rings (SSSR count). The van der Waals surface area contributed by atoms with Crippen LogP contribution in [0.3, 0.4) is 0 Å². The second kappa shape index (κ2) is 7.16. The number of nitrogens with zero attached hydrogens (tertiary/aromatic N) is 1. The van der Waals surface area contributed by atoms with E-state index in [1.54, 1.807) is 19.9 Å². The zero-order chi connectivity index (χ0) is 16.4. The summed E-state index contributed by atoms with van der Waals surface area (Å²) in [5, 5.41) is 0. The van der Waals surface area contributed by atoms with E-state index >= 15 is 0 Å². The molecule has 1 aromatic carbocycles. The largest absolute Gasteiger partial charge is 0.296 e. The molecule has 0 aliphatic carbocycles. The van der Waals surface area contributed by atoms with E-state index < -0.39 is 26.8 Å². The Kier molecular flexibility index (Phi) is 6.32. The smallest absolute Gasteiger partial charge is 0.282 e. The number of carbonyl (C=O) groups excluding carboxylic acids is 2. The van der Waals surface area contributed by atoms with Gasteiger partial charge in [0.1, 0.15) is 4.90 Å². The molecule has 0 aliphatic rings. The Morgan fingerprint density at radius 1 is 1.24 bits per heavy atom. The van der Waals surface area contributed by atoms with Crippen molar-refractivity contribution >= 4 is 66.1 Å². The lowest BCUT2D eigenvalue weighted by atomic mass is 10.2. The normalized spacial score (nSPS) is 11.3. The molecular weight excluding hydrogens is 477 g/mol. The van der Waals surface area contributed by atoms with Gasteiger partial charge in [-0.05, 0) is 34.7 Å². The maximum Gasteiger partial charge on any atom is 0.296 e. The van der Waals surface area contributed by atoms with E-state index in [9.17, 15) is 22.6 Å². The van der Waals surface area contributed by atoms with Gasteiger partial charge < -0.3 is 0 Å². The maximum atomic E-state index is 12.0. The van der Waals surface area contributed by atoms with Gasteiger partial charge in [0.05, 0.1) is 5.69 Å². The van der Waals surface area contributed by atoms with Crippen LogP contribution in [-0.4, -0.2) is 24.8 Å². The predicted molar refractivity (Wildman–Crippen MR) is 89.7 cm³/mol. The minimum absolute atomic E-state index is 0.0306.